The molecule has 11 heavy (non-hydrogen) atoms. The Kier molecular flexibility index (Phi) is 1.92. The fraction of sp³-hybridized carbons (Fsp3) is 0.875. The van der Waals surface area contributed by atoms with Crippen molar-refractivity contribution >= 4 is 5.97 Å². The minimum Gasteiger partial charge on any atom is -0.481 e. The number of carboxylic acid groups (broad SMARTS) is 1. The molecule has 0 bridgehead atoms. The number of aliphatic hydroxyl groups excluding tert-OH is 1. The maximum absolute atomic E-state index is 10.7. The van der Waals surface area contributed by atoms with E-state index in [0.29, 0.717) is 12.8 Å². The molecular weight excluding hydrogens is 144 g/mol. The molecule has 64 valence electrons. The number of aliphatic hydroxyl groups is 1. The summed E-state index contributed by atoms with van der Waals surface area (Å²) in [6.45, 7) is 3.62. The topological polar surface area (TPSA) is 57.5 Å². The van der Waals surface area contributed by atoms with Crippen LogP contribution in [0.25, 0.3) is 0 Å². The molecule has 1 fully saturated rings. The summed E-state index contributed by atoms with van der Waals surface area (Å²) in [5, 5.41) is 18.2. The molecule has 3 heteroatoms. The van der Waals surface area contributed by atoms with Crippen molar-refractivity contribution in [3.63, 3.8) is 0 Å². The van der Waals surface area contributed by atoms with Gasteiger partial charge in [-0.2, -0.15) is 0 Å². The average molecular weight is 158 g/mol. The Bertz CT molecular complexity index is 174. The third kappa shape index (κ3) is 1.25. The van der Waals surface area contributed by atoms with E-state index in [-0.39, 0.29) is 5.92 Å². The van der Waals surface area contributed by atoms with Crippen molar-refractivity contribution in [2.24, 2.45) is 11.3 Å². The number of aliphatic carboxylic acids is 1. The maximum atomic E-state index is 10.7. The van der Waals surface area contributed by atoms with Crippen molar-refractivity contribution in [3.8, 4) is 0 Å². The lowest BCUT2D eigenvalue weighted by Gasteiger charge is -2.26. The zero-order valence-electron chi connectivity index (χ0n) is 6.87. The van der Waals surface area contributed by atoms with E-state index in [9.17, 15) is 9.90 Å². The van der Waals surface area contributed by atoms with Crippen LogP contribution in [0.2, 0.25) is 0 Å². The number of carboxylic acids is 1. The third-order valence-electron chi connectivity index (χ3n) is 2.78. The lowest BCUT2D eigenvalue weighted by atomic mass is 9.80. The van der Waals surface area contributed by atoms with Crippen molar-refractivity contribution < 1.29 is 15.0 Å². The van der Waals surface area contributed by atoms with Crippen LogP contribution in [0.15, 0.2) is 0 Å². The Labute approximate surface area is 66.0 Å². The molecule has 0 radical (unpaired) electrons. The molecule has 0 amide bonds. The first kappa shape index (κ1) is 8.53. The molecule has 3 nitrogen and oxygen atoms in total. The van der Waals surface area contributed by atoms with Crippen LogP contribution in [0.3, 0.4) is 0 Å². The number of carbonyl (C=O) groups is 1. The minimum atomic E-state index is -0.786. The third-order valence-corrected chi connectivity index (χ3v) is 2.78. The van der Waals surface area contributed by atoms with Gasteiger partial charge in [-0.25, -0.2) is 0 Å². The standard InChI is InChI=1S/C8H14O3/c1-8(2)5(7(10)11)3-4-6(8)9/h5-6,9H,3-4H2,1-2H3,(H,10,11). The van der Waals surface area contributed by atoms with E-state index in [4.69, 9.17) is 5.11 Å². The monoisotopic (exact) mass is 158 g/mol. The molecule has 0 aromatic carbocycles. The number of hydrogen-bond acceptors (Lipinski definition) is 2. The predicted octanol–water partition coefficient (Wildman–Crippen LogP) is 0.868. The van der Waals surface area contributed by atoms with Gasteiger partial charge in [0.15, 0.2) is 0 Å². The summed E-state index contributed by atoms with van der Waals surface area (Å²) in [6, 6.07) is 0. The highest BCUT2D eigenvalue weighted by molar-refractivity contribution is 5.71. The van der Waals surface area contributed by atoms with Gasteiger partial charge in [-0.15, -0.1) is 0 Å². The van der Waals surface area contributed by atoms with Gasteiger partial charge in [-0.3, -0.25) is 4.79 Å². The van der Waals surface area contributed by atoms with Gasteiger partial charge >= 0.3 is 5.97 Å². The lowest BCUT2D eigenvalue weighted by molar-refractivity contribution is -0.146. The molecule has 0 heterocycles. The Morgan fingerprint density at radius 2 is 2.00 bits per heavy atom. The molecular formula is C8H14O3. The van der Waals surface area contributed by atoms with Crippen LogP contribution in [-0.2, 0) is 4.79 Å². The molecule has 1 aliphatic rings. The van der Waals surface area contributed by atoms with Gasteiger partial charge in [-0.05, 0) is 12.8 Å². The quantitative estimate of drug-likeness (QED) is 0.595. The van der Waals surface area contributed by atoms with E-state index in [1.807, 2.05) is 13.8 Å². The van der Waals surface area contributed by atoms with Gasteiger partial charge in [0.05, 0.1) is 12.0 Å². The van der Waals surface area contributed by atoms with Gasteiger partial charge in [0.2, 0.25) is 0 Å². The Balaban J connectivity index is 2.78. The normalized spacial score (nSPS) is 35.5. The average Bonchev–Trinajstić information content (AvgIpc) is 2.08. The largest absolute Gasteiger partial charge is 0.481 e. The van der Waals surface area contributed by atoms with E-state index in [0.717, 1.165) is 0 Å². The highest BCUT2D eigenvalue weighted by Gasteiger charge is 2.45. The summed E-state index contributed by atoms with van der Waals surface area (Å²) >= 11 is 0. The second-order valence-electron chi connectivity index (χ2n) is 3.81. The van der Waals surface area contributed by atoms with Crippen LogP contribution in [0.4, 0.5) is 0 Å². The fourth-order valence-corrected chi connectivity index (χ4v) is 1.74. The van der Waals surface area contributed by atoms with Gasteiger partial charge in [0.25, 0.3) is 0 Å². The Hall–Kier alpha value is -0.570. The van der Waals surface area contributed by atoms with Crippen LogP contribution in [0, 0.1) is 11.3 Å². The molecule has 2 atom stereocenters. The molecule has 2 unspecified atom stereocenters. The van der Waals surface area contributed by atoms with Gasteiger partial charge in [0, 0.05) is 5.41 Å². The number of rotatable bonds is 1. The van der Waals surface area contributed by atoms with Crippen molar-refractivity contribution in [2.45, 2.75) is 32.8 Å². The summed E-state index contributed by atoms with van der Waals surface area (Å²) in [7, 11) is 0. The maximum Gasteiger partial charge on any atom is 0.307 e. The molecule has 1 saturated carbocycles. The second kappa shape index (κ2) is 2.48. The molecule has 2 N–H and O–H groups in total. The Morgan fingerprint density at radius 1 is 1.45 bits per heavy atom. The zero-order valence-corrected chi connectivity index (χ0v) is 6.87. The molecule has 1 rings (SSSR count). The molecule has 1 aliphatic carbocycles. The molecule has 0 aliphatic heterocycles. The summed E-state index contributed by atoms with van der Waals surface area (Å²) in [5.41, 5.74) is -0.453. The van der Waals surface area contributed by atoms with Crippen LogP contribution >= 0.6 is 0 Å². The SMILES string of the molecule is CC1(C)C(O)CCC1C(=O)O. The molecule has 0 saturated heterocycles. The predicted molar refractivity (Wildman–Crippen MR) is 40.1 cm³/mol. The van der Waals surface area contributed by atoms with E-state index in [1.165, 1.54) is 0 Å². The van der Waals surface area contributed by atoms with Gasteiger partial charge in [-0.1, -0.05) is 13.8 Å². The first-order valence-electron chi connectivity index (χ1n) is 3.87. The number of hydrogen-bond donors (Lipinski definition) is 2. The zero-order chi connectivity index (χ0) is 8.65. The first-order chi connectivity index (χ1) is 4.96. The van der Waals surface area contributed by atoms with E-state index in [1.54, 1.807) is 0 Å². The summed E-state index contributed by atoms with van der Waals surface area (Å²) < 4.78 is 0. The molecule has 0 aromatic rings. The van der Waals surface area contributed by atoms with Crippen molar-refractivity contribution in [1.82, 2.24) is 0 Å². The highest BCUT2D eigenvalue weighted by Crippen LogP contribution is 2.42. The van der Waals surface area contributed by atoms with Crippen LogP contribution in [0.5, 0.6) is 0 Å². The first-order valence-corrected chi connectivity index (χ1v) is 3.87. The van der Waals surface area contributed by atoms with E-state index >= 15 is 0 Å². The highest BCUT2D eigenvalue weighted by atomic mass is 16.4. The van der Waals surface area contributed by atoms with Crippen LogP contribution in [0.1, 0.15) is 26.7 Å². The summed E-state index contributed by atoms with van der Waals surface area (Å²) in [5.74, 6) is -1.16. The smallest absolute Gasteiger partial charge is 0.307 e. The van der Waals surface area contributed by atoms with Crippen LogP contribution in [-0.4, -0.2) is 22.3 Å². The van der Waals surface area contributed by atoms with E-state index < -0.39 is 17.5 Å². The fourth-order valence-electron chi connectivity index (χ4n) is 1.74. The van der Waals surface area contributed by atoms with Crippen molar-refractivity contribution in [1.29, 1.82) is 0 Å². The van der Waals surface area contributed by atoms with Crippen molar-refractivity contribution in [3.05, 3.63) is 0 Å². The lowest BCUT2D eigenvalue weighted by Crippen LogP contribution is -2.33. The summed E-state index contributed by atoms with van der Waals surface area (Å²) in [6.07, 6.45) is 0.761. The van der Waals surface area contributed by atoms with Gasteiger partial charge < -0.3 is 10.2 Å². The second-order valence-corrected chi connectivity index (χ2v) is 3.81. The molecule has 0 aromatic heterocycles. The van der Waals surface area contributed by atoms with Gasteiger partial charge in [0.1, 0.15) is 0 Å². The molecule has 0 spiro atoms. The Morgan fingerprint density at radius 3 is 2.18 bits per heavy atom. The van der Waals surface area contributed by atoms with E-state index in [2.05, 4.69) is 0 Å². The minimum absolute atomic E-state index is 0.377. The van der Waals surface area contributed by atoms with Crippen LogP contribution < -0.4 is 0 Å². The van der Waals surface area contributed by atoms with Crippen molar-refractivity contribution in [2.75, 3.05) is 0 Å². The summed E-state index contributed by atoms with van der Waals surface area (Å²) in [4.78, 5) is 10.7.